The van der Waals surface area contributed by atoms with Crippen LogP contribution in [0.15, 0.2) is 11.6 Å². The first kappa shape index (κ1) is 11.9. The number of aliphatic carboxylic acids is 1. The fourth-order valence-electron chi connectivity index (χ4n) is 1.10. The summed E-state index contributed by atoms with van der Waals surface area (Å²) in [5.74, 6) is -0.830. The van der Waals surface area contributed by atoms with Gasteiger partial charge >= 0.3 is 5.97 Å². The standard InChI is InChI=1S/C9H15N3O2S/c1-11(2)4-5-12(7-8(13)14)9-10-3-6-15-9/h3,6H,4-5,7H2,1-2H3,(H,13,14). The lowest BCUT2D eigenvalue weighted by atomic mass is 10.5. The molecule has 5 nitrogen and oxygen atoms in total. The zero-order valence-electron chi connectivity index (χ0n) is 8.88. The molecule has 0 atom stereocenters. The lowest BCUT2D eigenvalue weighted by Gasteiger charge is -2.21. The Labute approximate surface area is 93.0 Å². The molecule has 1 heterocycles. The number of aromatic nitrogens is 1. The Morgan fingerprint density at radius 1 is 1.53 bits per heavy atom. The highest BCUT2D eigenvalue weighted by Crippen LogP contribution is 2.16. The van der Waals surface area contributed by atoms with Crippen LogP contribution in [0.4, 0.5) is 5.13 Å². The zero-order valence-corrected chi connectivity index (χ0v) is 9.70. The van der Waals surface area contributed by atoms with Crippen LogP contribution in [0, 0.1) is 0 Å². The summed E-state index contributed by atoms with van der Waals surface area (Å²) in [6.07, 6.45) is 1.69. The number of thiazole rings is 1. The molecular formula is C9H15N3O2S. The van der Waals surface area contributed by atoms with Crippen LogP contribution in [0.5, 0.6) is 0 Å². The second-order valence-electron chi connectivity index (χ2n) is 3.43. The SMILES string of the molecule is CN(C)CCN(CC(=O)O)c1nccs1. The number of hydrogen-bond acceptors (Lipinski definition) is 5. The van der Waals surface area contributed by atoms with E-state index in [4.69, 9.17) is 5.11 Å². The van der Waals surface area contributed by atoms with Gasteiger partial charge in [-0.2, -0.15) is 0 Å². The first-order valence-corrected chi connectivity index (χ1v) is 5.48. The number of nitrogens with zero attached hydrogens (tertiary/aromatic N) is 3. The van der Waals surface area contributed by atoms with Gasteiger partial charge in [0.05, 0.1) is 0 Å². The molecule has 1 N–H and O–H groups in total. The molecular weight excluding hydrogens is 214 g/mol. The van der Waals surface area contributed by atoms with E-state index in [9.17, 15) is 4.79 Å². The topological polar surface area (TPSA) is 56.7 Å². The minimum atomic E-state index is -0.830. The molecule has 0 saturated carbocycles. The van der Waals surface area contributed by atoms with Gasteiger partial charge in [0.25, 0.3) is 0 Å². The summed E-state index contributed by atoms with van der Waals surface area (Å²) in [7, 11) is 3.92. The maximum atomic E-state index is 10.7. The van der Waals surface area contributed by atoms with Crippen molar-refractivity contribution in [2.24, 2.45) is 0 Å². The first-order valence-electron chi connectivity index (χ1n) is 4.60. The molecule has 0 spiro atoms. The second kappa shape index (κ2) is 5.67. The van der Waals surface area contributed by atoms with Crippen molar-refractivity contribution in [1.82, 2.24) is 9.88 Å². The normalized spacial score (nSPS) is 10.6. The second-order valence-corrected chi connectivity index (χ2v) is 4.31. The summed E-state index contributed by atoms with van der Waals surface area (Å²) in [5.41, 5.74) is 0. The number of likely N-dealkylation sites (N-methyl/N-ethyl adjacent to an activating group) is 1. The van der Waals surface area contributed by atoms with E-state index >= 15 is 0 Å². The van der Waals surface area contributed by atoms with Crippen LogP contribution in [0.25, 0.3) is 0 Å². The van der Waals surface area contributed by atoms with Crippen molar-refractivity contribution < 1.29 is 9.90 Å². The van der Waals surface area contributed by atoms with Crippen LogP contribution in [0.3, 0.4) is 0 Å². The van der Waals surface area contributed by atoms with Gasteiger partial charge in [0.1, 0.15) is 6.54 Å². The summed E-state index contributed by atoms with van der Waals surface area (Å²) < 4.78 is 0. The van der Waals surface area contributed by atoms with Gasteiger partial charge in [0, 0.05) is 24.7 Å². The predicted octanol–water partition coefficient (Wildman–Crippen LogP) is 0.596. The van der Waals surface area contributed by atoms with E-state index in [2.05, 4.69) is 4.98 Å². The molecule has 1 rings (SSSR count). The van der Waals surface area contributed by atoms with E-state index in [0.29, 0.717) is 6.54 Å². The van der Waals surface area contributed by atoms with E-state index in [-0.39, 0.29) is 6.54 Å². The highest BCUT2D eigenvalue weighted by atomic mass is 32.1. The van der Waals surface area contributed by atoms with Crippen molar-refractivity contribution >= 4 is 22.4 Å². The number of rotatable bonds is 6. The Balaban J connectivity index is 2.57. The van der Waals surface area contributed by atoms with E-state index < -0.39 is 5.97 Å². The van der Waals surface area contributed by atoms with Gasteiger partial charge in [-0.1, -0.05) is 0 Å². The third-order valence-electron chi connectivity index (χ3n) is 1.83. The van der Waals surface area contributed by atoms with Gasteiger partial charge in [-0.3, -0.25) is 4.79 Å². The molecule has 84 valence electrons. The molecule has 0 aliphatic heterocycles. The highest BCUT2D eigenvalue weighted by molar-refractivity contribution is 7.13. The predicted molar refractivity (Wildman–Crippen MR) is 60.5 cm³/mol. The Morgan fingerprint density at radius 2 is 2.27 bits per heavy atom. The van der Waals surface area contributed by atoms with Gasteiger partial charge in [0.15, 0.2) is 5.13 Å². The fraction of sp³-hybridized carbons (Fsp3) is 0.556. The molecule has 0 saturated heterocycles. The Morgan fingerprint density at radius 3 is 2.73 bits per heavy atom. The van der Waals surface area contributed by atoms with Crippen molar-refractivity contribution in [1.29, 1.82) is 0 Å². The number of carboxylic acids is 1. The van der Waals surface area contributed by atoms with Crippen LogP contribution in [0.2, 0.25) is 0 Å². The Kier molecular flexibility index (Phi) is 4.51. The summed E-state index contributed by atoms with van der Waals surface area (Å²) in [5, 5.41) is 11.4. The van der Waals surface area contributed by atoms with Crippen LogP contribution in [-0.4, -0.2) is 54.7 Å². The quantitative estimate of drug-likeness (QED) is 0.774. The van der Waals surface area contributed by atoms with E-state index in [1.54, 1.807) is 11.1 Å². The van der Waals surface area contributed by atoms with Gasteiger partial charge in [-0.25, -0.2) is 4.98 Å². The molecule has 1 aromatic heterocycles. The maximum Gasteiger partial charge on any atom is 0.323 e. The van der Waals surface area contributed by atoms with Crippen LogP contribution in [-0.2, 0) is 4.79 Å². The summed E-state index contributed by atoms with van der Waals surface area (Å²) in [6, 6.07) is 0. The highest BCUT2D eigenvalue weighted by Gasteiger charge is 2.12. The van der Waals surface area contributed by atoms with Crippen molar-refractivity contribution in [2.75, 3.05) is 38.6 Å². The minimum absolute atomic E-state index is 0.00134. The molecule has 0 aromatic carbocycles. The lowest BCUT2D eigenvalue weighted by molar-refractivity contribution is -0.135. The van der Waals surface area contributed by atoms with Crippen molar-refractivity contribution in [3.8, 4) is 0 Å². The monoisotopic (exact) mass is 229 g/mol. The lowest BCUT2D eigenvalue weighted by Crippen LogP contribution is -2.35. The third kappa shape index (κ3) is 4.26. The molecule has 1 aromatic rings. The molecule has 15 heavy (non-hydrogen) atoms. The van der Waals surface area contributed by atoms with E-state index in [1.165, 1.54) is 11.3 Å². The van der Waals surface area contributed by atoms with Gasteiger partial charge < -0.3 is 14.9 Å². The smallest absolute Gasteiger partial charge is 0.323 e. The average Bonchev–Trinajstić information content (AvgIpc) is 2.63. The average molecular weight is 229 g/mol. The fourth-order valence-corrected chi connectivity index (χ4v) is 1.77. The maximum absolute atomic E-state index is 10.7. The summed E-state index contributed by atoms with van der Waals surface area (Å²) >= 11 is 1.46. The number of anilines is 1. The largest absolute Gasteiger partial charge is 0.480 e. The molecule has 0 fully saturated rings. The zero-order chi connectivity index (χ0) is 11.3. The molecule has 0 amide bonds. The van der Waals surface area contributed by atoms with E-state index in [0.717, 1.165) is 11.7 Å². The molecule has 0 radical (unpaired) electrons. The molecule has 0 unspecified atom stereocenters. The number of hydrogen-bond donors (Lipinski definition) is 1. The molecule has 0 aliphatic rings. The van der Waals surface area contributed by atoms with Crippen molar-refractivity contribution in [3.05, 3.63) is 11.6 Å². The van der Waals surface area contributed by atoms with Gasteiger partial charge in [0.2, 0.25) is 0 Å². The first-order chi connectivity index (χ1) is 7.09. The summed E-state index contributed by atoms with van der Waals surface area (Å²) in [6.45, 7) is 1.49. The Hall–Kier alpha value is -1.14. The summed E-state index contributed by atoms with van der Waals surface area (Å²) in [4.78, 5) is 18.6. The number of carbonyl (C=O) groups is 1. The molecule has 6 heteroatoms. The van der Waals surface area contributed by atoms with Crippen molar-refractivity contribution in [2.45, 2.75) is 0 Å². The van der Waals surface area contributed by atoms with Crippen LogP contribution < -0.4 is 4.90 Å². The van der Waals surface area contributed by atoms with E-state index in [1.807, 2.05) is 24.4 Å². The van der Waals surface area contributed by atoms with Crippen LogP contribution in [0.1, 0.15) is 0 Å². The molecule has 0 aliphatic carbocycles. The third-order valence-corrected chi connectivity index (χ3v) is 2.67. The minimum Gasteiger partial charge on any atom is -0.480 e. The van der Waals surface area contributed by atoms with Gasteiger partial charge in [-0.05, 0) is 14.1 Å². The van der Waals surface area contributed by atoms with Crippen molar-refractivity contribution in [3.63, 3.8) is 0 Å². The molecule has 0 bridgehead atoms. The number of carboxylic acid groups (broad SMARTS) is 1. The Bertz CT molecular complexity index is 300. The van der Waals surface area contributed by atoms with Gasteiger partial charge in [-0.15, -0.1) is 11.3 Å². The van der Waals surface area contributed by atoms with Crippen LogP contribution >= 0.6 is 11.3 Å².